The van der Waals surface area contributed by atoms with Gasteiger partial charge in [-0.05, 0) is 41.5 Å². The predicted octanol–water partition coefficient (Wildman–Crippen LogP) is 4.46. The highest BCUT2D eigenvalue weighted by atomic mass is 35.5. The van der Waals surface area contributed by atoms with Crippen molar-refractivity contribution in [1.29, 1.82) is 0 Å². The van der Waals surface area contributed by atoms with Gasteiger partial charge in [-0.3, -0.25) is 4.99 Å². The van der Waals surface area contributed by atoms with Crippen molar-refractivity contribution in [2.24, 2.45) is 10.4 Å². The monoisotopic (exact) mass is 321 g/mol. The van der Waals surface area contributed by atoms with Crippen LogP contribution in [0.1, 0.15) is 50.2 Å². The molecule has 1 aromatic rings. The summed E-state index contributed by atoms with van der Waals surface area (Å²) in [6, 6.07) is 4.50. The van der Waals surface area contributed by atoms with Gasteiger partial charge in [0.15, 0.2) is 0 Å². The molecule has 0 spiro atoms. The van der Waals surface area contributed by atoms with Gasteiger partial charge in [0, 0.05) is 32.3 Å². The number of benzene rings is 1. The molecule has 1 aliphatic carbocycles. The van der Waals surface area contributed by atoms with E-state index in [1.165, 1.54) is 18.4 Å². The summed E-state index contributed by atoms with van der Waals surface area (Å²) in [6.45, 7) is 5.96. The van der Waals surface area contributed by atoms with E-state index >= 15 is 0 Å². The zero-order valence-electron chi connectivity index (χ0n) is 13.6. The van der Waals surface area contributed by atoms with E-state index < -0.39 is 0 Å². The number of halogens is 1. The molecular weight excluding hydrogens is 298 g/mol. The standard InChI is InChI=1S/C18H24ClNO2/c1-18(2)6-5-13-14-10-16(22-8-4-7-21-3)15(19)9-12(14)11-20-17(13)18/h9-11,13,17H,4-8H2,1-3H3. The number of ether oxygens (including phenoxy) is 2. The molecule has 1 heterocycles. The van der Waals surface area contributed by atoms with Gasteiger partial charge >= 0.3 is 0 Å². The first-order valence-electron chi connectivity index (χ1n) is 8.01. The highest BCUT2D eigenvalue weighted by Crippen LogP contribution is 2.51. The molecule has 1 fully saturated rings. The van der Waals surface area contributed by atoms with E-state index in [1.807, 2.05) is 12.3 Å². The lowest BCUT2D eigenvalue weighted by Gasteiger charge is -2.31. The van der Waals surface area contributed by atoms with Crippen LogP contribution in [0.15, 0.2) is 17.1 Å². The van der Waals surface area contributed by atoms with E-state index in [0.717, 1.165) is 17.7 Å². The lowest BCUT2D eigenvalue weighted by Crippen LogP contribution is -2.28. The number of aliphatic imine (C=N–C) groups is 1. The molecule has 4 heteroatoms. The minimum atomic E-state index is 0.276. The van der Waals surface area contributed by atoms with Gasteiger partial charge in [-0.2, -0.15) is 0 Å². The fraction of sp³-hybridized carbons (Fsp3) is 0.611. The molecule has 1 saturated carbocycles. The van der Waals surface area contributed by atoms with Gasteiger partial charge < -0.3 is 9.47 Å². The summed E-state index contributed by atoms with van der Waals surface area (Å²) in [5.74, 6) is 1.28. The van der Waals surface area contributed by atoms with Gasteiger partial charge in [0.1, 0.15) is 5.75 Å². The van der Waals surface area contributed by atoms with Crippen LogP contribution in [0.25, 0.3) is 0 Å². The molecule has 3 nitrogen and oxygen atoms in total. The molecule has 0 bridgehead atoms. The van der Waals surface area contributed by atoms with Gasteiger partial charge in [0.25, 0.3) is 0 Å². The van der Waals surface area contributed by atoms with Crippen molar-refractivity contribution in [3.05, 3.63) is 28.3 Å². The normalized spacial score (nSPS) is 24.9. The van der Waals surface area contributed by atoms with Gasteiger partial charge in [-0.1, -0.05) is 25.4 Å². The third-order valence-electron chi connectivity index (χ3n) is 4.94. The molecule has 1 aromatic carbocycles. The highest BCUT2D eigenvalue weighted by molar-refractivity contribution is 6.32. The summed E-state index contributed by atoms with van der Waals surface area (Å²) >= 11 is 6.36. The van der Waals surface area contributed by atoms with Crippen LogP contribution in [0, 0.1) is 5.41 Å². The van der Waals surface area contributed by atoms with Crippen molar-refractivity contribution in [3.8, 4) is 5.75 Å². The van der Waals surface area contributed by atoms with Crippen LogP contribution in [-0.4, -0.2) is 32.6 Å². The van der Waals surface area contributed by atoms with Gasteiger partial charge in [-0.25, -0.2) is 0 Å². The molecule has 2 atom stereocenters. The largest absolute Gasteiger partial charge is 0.492 e. The van der Waals surface area contributed by atoms with Gasteiger partial charge in [-0.15, -0.1) is 0 Å². The van der Waals surface area contributed by atoms with Crippen LogP contribution >= 0.6 is 11.6 Å². The topological polar surface area (TPSA) is 30.8 Å². The number of nitrogens with zero attached hydrogens (tertiary/aromatic N) is 1. The predicted molar refractivity (Wildman–Crippen MR) is 90.6 cm³/mol. The third kappa shape index (κ3) is 2.89. The van der Waals surface area contributed by atoms with E-state index in [4.69, 9.17) is 26.1 Å². The summed E-state index contributed by atoms with van der Waals surface area (Å²) < 4.78 is 10.9. The Hall–Kier alpha value is -1.06. The zero-order valence-corrected chi connectivity index (χ0v) is 14.3. The second kappa shape index (κ2) is 6.21. The molecule has 120 valence electrons. The Morgan fingerprint density at radius 3 is 2.91 bits per heavy atom. The number of hydrogen-bond donors (Lipinski definition) is 0. The number of fused-ring (bicyclic) bond motifs is 3. The van der Waals surface area contributed by atoms with Crippen molar-refractivity contribution in [3.63, 3.8) is 0 Å². The first kappa shape index (κ1) is 15.8. The van der Waals surface area contributed by atoms with Crippen LogP contribution in [0.5, 0.6) is 5.75 Å². The Bertz CT molecular complexity index is 583. The van der Waals surface area contributed by atoms with E-state index in [2.05, 4.69) is 19.9 Å². The Morgan fingerprint density at radius 1 is 1.32 bits per heavy atom. The first-order chi connectivity index (χ1) is 10.5. The van der Waals surface area contributed by atoms with Crippen molar-refractivity contribution in [2.75, 3.05) is 20.3 Å². The van der Waals surface area contributed by atoms with E-state index in [0.29, 0.717) is 30.2 Å². The Balaban J connectivity index is 1.83. The molecular formula is C18H24ClNO2. The number of rotatable bonds is 5. The molecule has 1 aliphatic heterocycles. The van der Waals surface area contributed by atoms with E-state index in [9.17, 15) is 0 Å². The average Bonchev–Trinajstić information content (AvgIpc) is 2.79. The van der Waals surface area contributed by atoms with Crippen LogP contribution in [0.2, 0.25) is 5.02 Å². The summed E-state index contributed by atoms with van der Waals surface area (Å²) in [4.78, 5) is 4.80. The highest BCUT2D eigenvalue weighted by Gasteiger charge is 2.44. The van der Waals surface area contributed by atoms with Crippen LogP contribution in [0.3, 0.4) is 0 Å². The minimum Gasteiger partial charge on any atom is -0.492 e. The average molecular weight is 322 g/mol. The van der Waals surface area contributed by atoms with Crippen molar-refractivity contribution in [2.45, 2.75) is 45.1 Å². The molecule has 0 amide bonds. The van der Waals surface area contributed by atoms with Crippen molar-refractivity contribution >= 4 is 17.8 Å². The van der Waals surface area contributed by atoms with Crippen molar-refractivity contribution in [1.82, 2.24) is 0 Å². The Kier molecular flexibility index (Phi) is 4.47. The molecule has 0 saturated heterocycles. The second-order valence-electron chi connectivity index (χ2n) is 6.96. The molecule has 0 N–H and O–H groups in total. The smallest absolute Gasteiger partial charge is 0.138 e. The second-order valence-corrected chi connectivity index (χ2v) is 7.37. The van der Waals surface area contributed by atoms with Gasteiger partial charge in [0.05, 0.1) is 17.7 Å². The van der Waals surface area contributed by atoms with Crippen LogP contribution < -0.4 is 4.74 Å². The third-order valence-corrected chi connectivity index (χ3v) is 5.24. The fourth-order valence-electron chi connectivity index (χ4n) is 3.68. The maximum absolute atomic E-state index is 6.36. The Labute approximate surface area is 137 Å². The summed E-state index contributed by atoms with van der Waals surface area (Å²) in [6.07, 6.45) is 5.26. The SMILES string of the molecule is COCCCOc1cc2c(cc1Cl)C=NC1C2CCC1(C)C. The molecule has 2 aliphatic rings. The first-order valence-corrected chi connectivity index (χ1v) is 8.39. The fourth-order valence-corrected chi connectivity index (χ4v) is 3.91. The zero-order chi connectivity index (χ0) is 15.7. The van der Waals surface area contributed by atoms with E-state index in [-0.39, 0.29) is 5.41 Å². The molecule has 22 heavy (non-hydrogen) atoms. The summed E-state index contributed by atoms with van der Waals surface area (Å²) in [7, 11) is 1.70. The Morgan fingerprint density at radius 2 is 2.14 bits per heavy atom. The van der Waals surface area contributed by atoms with E-state index in [1.54, 1.807) is 7.11 Å². The quantitative estimate of drug-likeness (QED) is 0.750. The van der Waals surface area contributed by atoms with Crippen LogP contribution in [0.4, 0.5) is 0 Å². The number of methoxy groups -OCH3 is 1. The maximum atomic E-state index is 6.36. The maximum Gasteiger partial charge on any atom is 0.138 e. The molecule has 3 rings (SSSR count). The van der Waals surface area contributed by atoms with Crippen molar-refractivity contribution < 1.29 is 9.47 Å². The van der Waals surface area contributed by atoms with Gasteiger partial charge in [0.2, 0.25) is 0 Å². The molecule has 2 unspecified atom stereocenters. The molecule has 0 radical (unpaired) electrons. The molecule has 0 aromatic heterocycles. The minimum absolute atomic E-state index is 0.276. The lowest BCUT2D eigenvalue weighted by atomic mass is 9.80. The van der Waals surface area contributed by atoms with Crippen LogP contribution in [-0.2, 0) is 4.74 Å². The summed E-state index contributed by atoms with van der Waals surface area (Å²) in [5.41, 5.74) is 2.77. The lowest BCUT2D eigenvalue weighted by molar-refractivity contribution is 0.172. The summed E-state index contributed by atoms with van der Waals surface area (Å²) in [5, 5.41) is 0.665. The number of hydrogen-bond acceptors (Lipinski definition) is 3.